The van der Waals surface area contributed by atoms with Crippen molar-refractivity contribution in [2.24, 2.45) is 0 Å². The Balaban J connectivity index is 0.000000250. The van der Waals surface area contributed by atoms with E-state index in [0.717, 1.165) is 3.93 Å². The molecule has 1 nitrogen and oxygen atoms in total. The fourth-order valence-electron chi connectivity index (χ4n) is 0.408. The van der Waals surface area contributed by atoms with Crippen molar-refractivity contribution >= 4 is 22.5 Å². The Hall–Kier alpha value is 0.759. The topological polar surface area (TPSA) is 31.5 Å². The molecule has 0 aromatic heterocycles. The molecular weight excluding hydrogens is 183 g/mol. The molecule has 1 saturated carbocycles. The summed E-state index contributed by atoms with van der Waals surface area (Å²) in [6.07, 6.45) is 4.56. The van der Waals surface area contributed by atoms with Crippen molar-refractivity contribution in [3.05, 3.63) is 0 Å². The molecule has 0 unspecified atom stereocenters. The van der Waals surface area contributed by atoms with Crippen LogP contribution in [0.5, 0.6) is 0 Å². The van der Waals surface area contributed by atoms with Gasteiger partial charge in [-0.1, -0.05) is 0 Å². The minimum atomic E-state index is 0. The molecule has 1 fully saturated rings. The zero-order chi connectivity index (χ0) is 3.70. The van der Waals surface area contributed by atoms with Crippen LogP contribution in [0, 0.1) is 0 Å². The predicted octanol–water partition coefficient (Wildman–Crippen LogP) is 0.303. The molecule has 0 spiro atoms. The van der Waals surface area contributed by atoms with Crippen molar-refractivity contribution in [1.82, 2.24) is 0 Å². The molecule has 0 aromatic rings. The zero-order valence-corrected chi connectivity index (χ0v) is 6.55. The molecule has 0 bridgehead atoms. The van der Waals surface area contributed by atoms with Crippen LogP contribution in [0.2, 0.25) is 3.93 Å². The molecular formula is C4H9OSn. The fourth-order valence-corrected chi connectivity index (χ4v) is 1.57. The van der Waals surface area contributed by atoms with Gasteiger partial charge in [-0.25, -0.2) is 0 Å². The van der Waals surface area contributed by atoms with Crippen LogP contribution in [0.25, 0.3) is 0 Å². The summed E-state index contributed by atoms with van der Waals surface area (Å²) in [5, 5.41) is 0. The normalized spacial score (nSPS) is 21.5. The van der Waals surface area contributed by atoms with E-state index >= 15 is 0 Å². The van der Waals surface area contributed by atoms with Crippen molar-refractivity contribution in [2.75, 3.05) is 0 Å². The average Bonchev–Trinajstić information content (AvgIpc) is 1.30. The maximum absolute atomic E-state index is 1.76. The van der Waals surface area contributed by atoms with Gasteiger partial charge >= 0.3 is 45.7 Å². The van der Waals surface area contributed by atoms with Gasteiger partial charge in [-0.2, -0.15) is 0 Å². The number of rotatable bonds is 0. The third-order valence-electron chi connectivity index (χ3n) is 1.11. The van der Waals surface area contributed by atoms with Crippen molar-refractivity contribution in [3.8, 4) is 0 Å². The first kappa shape index (κ1) is 6.76. The SMILES string of the molecule is O.[Sn][CH]1CCC1. The molecule has 0 aliphatic heterocycles. The molecule has 0 saturated heterocycles. The molecule has 6 heavy (non-hydrogen) atoms. The van der Waals surface area contributed by atoms with Gasteiger partial charge in [0.1, 0.15) is 0 Å². The fraction of sp³-hybridized carbons (Fsp3) is 1.00. The Morgan fingerprint density at radius 3 is 1.67 bits per heavy atom. The molecule has 1 rings (SSSR count). The van der Waals surface area contributed by atoms with Crippen LogP contribution in [0.15, 0.2) is 0 Å². The molecule has 0 amide bonds. The van der Waals surface area contributed by atoms with E-state index in [2.05, 4.69) is 0 Å². The van der Waals surface area contributed by atoms with Crippen LogP contribution in [0.4, 0.5) is 0 Å². The molecule has 2 N–H and O–H groups in total. The van der Waals surface area contributed by atoms with E-state index in [1.807, 2.05) is 0 Å². The Morgan fingerprint density at radius 1 is 1.33 bits per heavy atom. The van der Waals surface area contributed by atoms with Gasteiger partial charge in [-0.3, -0.25) is 0 Å². The van der Waals surface area contributed by atoms with Gasteiger partial charge in [-0.05, 0) is 0 Å². The van der Waals surface area contributed by atoms with Gasteiger partial charge in [0.05, 0.1) is 0 Å². The maximum atomic E-state index is 1.76. The second-order valence-electron chi connectivity index (χ2n) is 1.63. The Labute approximate surface area is 51.5 Å². The quantitative estimate of drug-likeness (QED) is 0.494. The third kappa shape index (κ3) is 1.47. The van der Waals surface area contributed by atoms with E-state index in [9.17, 15) is 0 Å². The summed E-state index contributed by atoms with van der Waals surface area (Å²) in [5.74, 6) is 0. The molecule has 0 aromatic carbocycles. The van der Waals surface area contributed by atoms with Crippen LogP contribution >= 0.6 is 0 Å². The molecule has 3 radical (unpaired) electrons. The molecule has 35 valence electrons. The van der Waals surface area contributed by atoms with E-state index in [1.165, 1.54) is 19.3 Å². The molecule has 1 aliphatic rings. The predicted molar refractivity (Wildman–Crippen MR) is 27.0 cm³/mol. The van der Waals surface area contributed by atoms with Gasteiger partial charge in [0.15, 0.2) is 0 Å². The van der Waals surface area contributed by atoms with Gasteiger partial charge in [0.2, 0.25) is 0 Å². The molecule has 0 atom stereocenters. The summed E-state index contributed by atoms with van der Waals surface area (Å²) in [7, 11) is 0. The summed E-state index contributed by atoms with van der Waals surface area (Å²) in [6, 6.07) is 0. The second kappa shape index (κ2) is 2.85. The van der Waals surface area contributed by atoms with Crippen LogP contribution in [0.1, 0.15) is 19.3 Å². The van der Waals surface area contributed by atoms with Crippen LogP contribution in [-0.2, 0) is 0 Å². The Morgan fingerprint density at radius 2 is 1.67 bits per heavy atom. The first-order chi connectivity index (χ1) is 2.39. The van der Waals surface area contributed by atoms with Gasteiger partial charge in [0.25, 0.3) is 0 Å². The third-order valence-corrected chi connectivity index (χ3v) is 2.75. The summed E-state index contributed by atoms with van der Waals surface area (Å²) >= 11 is 1.76. The first-order valence-electron chi connectivity index (χ1n) is 2.11. The van der Waals surface area contributed by atoms with Crippen molar-refractivity contribution in [3.63, 3.8) is 0 Å². The number of hydrogen-bond donors (Lipinski definition) is 0. The van der Waals surface area contributed by atoms with Gasteiger partial charge in [0, 0.05) is 0 Å². The molecule has 0 heterocycles. The summed E-state index contributed by atoms with van der Waals surface area (Å²) in [4.78, 5) is 0. The van der Waals surface area contributed by atoms with Crippen molar-refractivity contribution in [1.29, 1.82) is 0 Å². The summed E-state index contributed by atoms with van der Waals surface area (Å²) in [6.45, 7) is 0. The van der Waals surface area contributed by atoms with E-state index in [0.29, 0.717) is 0 Å². The summed E-state index contributed by atoms with van der Waals surface area (Å²) < 4.78 is 1.15. The Kier molecular flexibility index (Phi) is 3.22. The molecule has 2 heteroatoms. The average molecular weight is 192 g/mol. The summed E-state index contributed by atoms with van der Waals surface area (Å²) in [5.41, 5.74) is 0. The number of hydrogen-bond acceptors (Lipinski definition) is 0. The molecule has 1 aliphatic carbocycles. The Bertz CT molecular complexity index is 34.5. The van der Waals surface area contributed by atoms with Crippen LogP contribution in [-0.4, -0.2) is 28.0 Å². The van der Waals surface area contributed by atoms with Crippen molar-refractivity contribution in [2.45, 2.75) is 23.2 Å². The van der Waals surface area contributed by atoms with Crippen LogP contribution in [0.3, 0.4) is 0 Å². The zero-order valence-electron chi connectivity index (χ0n) is 3.70. The first-order valence-corrected chi connectivity index (χ1v) is 3.75. The van der Waals surface area contributed by atoms with Crippen molar-refractivity contribution < 1.29 is 5.48 Å². The van der Waals surface area contributed by atoms with Crippen LogP contribution < -0.4 is 0 Å². The monoisotopic (exact) mass is 193 g/mol. The van der Waals surface area contributed by atoms with E-state index in [4.69, 9.17) is 0 Å². The van der Waals surface area contributed by atoms with E-state index in [-0.39, 0.29) is 5.48 Å². The minimum absolute atomic E-state index is 0. The second-order valence-corrected chi connectivity index (χ2v) is 3.96. The van der Waals surface area contributed by atoms with E-state index in [1.54, 1.807) is 22.5 Å². The van der Waals surface area contributed by atoms with Gasteiger partial charge in [-0.15, -0.1) is 0 Å². The standard InChI is InChI=1S/C4H7.H2O.Sn/c1-2-4-3-1;;/h1H,2-4H2;1H2;. The van der Waals surface area contributed by atoms with Gasteiger partial charge < -0.3 is 5.48 Å². The van der Waals surface area contributed by atoms with E-state index < -0.39 is 0 Å².